The molecule has 0 saturated heterocycles. The monoisotopic (exact) mass is 347 g/mol. The smallest absolute Gasteiger partial charge is 0.138 e. The molecule has 1 aromatic carbocycles. The second-order valence-corrected chi connectivity index (χ2v) is 6.25. The highest BCUT2D eigenvalue weighted by Gasteiger charge is 2.13. The maximum absolute atomic E-state index is 5.74. The van der Waals surface area contributed by atoms with Gasteiger partial charge < -0.3 is 10.1 Å². The first-order valence-corrected chi connectivity index (χ1v) is 7.99. The van der Waals surface area contributed by atoms with Gasteiger partial charge in [0.1, 0.15) is 10.7 Å². The van der Waals surface area contributed by atoms with Crippen molar-refractivity contribution in [3.63, 3.8) is 0 Å². The van der Waals surface area contributed by atoms with Crippen molar-refractivity contribution in [3.8, 4) is 0 Å². The molecule has 3 rings (SSSR count). The lowest BCUT2D eigenvalue weighted by Gasteiger charge is -2.04. The molecule has 2 heterocycles. The van der Waals surface area contributed by atoms with Crippen LogP contribution in [-0.2, 0) is 6.42 Å². The molecular weight excluding hydrogens is 334 g/mol. The van der Waals surface area contributed by atoms with Crippen LogP contribution < -0.4 is 5.73 Å². The van der Waals surface area contributed by atoms with Gasteiger partial charge in [-0.05, 0) is 46.7 Å². The third-order valence-electron chi connectivity index (χ3n) is 3.02. The summed E-state index contributed by atoms with van der Waals surface area (Å²) in [7, 11) is 0. The van der Waals surface area contributed by atoms with Crippen molar-refractivity contribution in [3.05, 3.63) is 58.8 Å². The largest absolute Gasteiger partial charge is 0.330 e. The van der Waals surface area contributed by atoms with Crippen LogP contribution in [0.25, 0.3) is 5.65 Å². The Hall–Kier alpha value is -1.30. The van der Waals surface area contributed by atoms with Crippen LogP contribution in [0.5, 0.6) is 0 Å². The summed E-state index contributed by atoms with van der Waals surface area (Å²) in [5, 5.41) is 1.02. The van der Waals surface area contributed by atoms with Crippen molar-refractivity contribution in [1.29, 1.82) is 0 Å². The Balaban J connectivity index is 2.06. The van der Waals surface area contributed by atoms with E-state index in [4.69, 9.17) is 10.7 Å². The molecule has 0 aliphatic rings. The molecule has 0 spiro atoms. The first-order valence-electron chi connectivity index (χ1n) is 6.38. The highest BCUT2D eigenvalue weighted by Crippen LogP contribution is 2.35. The highest BCUT2D eigenvalue weighted by atomic mass is 79.9. The van der Waals surface area contributed by atoms with E-state index < -0.39 is 0 Å². The van der Waals surface area contributed by atoms with Crippen LogP contribution in [0.1, 0.15) is 5.69 Å². The fourth-order valence-corrected chi connectivity index (χ4v) is 3.61. The quantitative estimate of drug-likeness (QED) is 0.781. The number of hydrogen-bond donors (Lipinski definition) is 1. The van der Waals surface area contributed by atoms with Gasteiger partial charge in [-0.15, -0.1) is 0 Å². The van der Waals surface area contributed by atoms with E-state index in [0.29, 0.717) is 6.54 Å². The molecular formula is C15H14BrN3S. The minimum absolute atomic E-state index is 0.617. The lowest BCUT2D eigenvalue weighted by atomic mass is 10.3. The number of nitrogens with two attached hydrogens (primary N) is 1. The maximum atomic E-state index is 5.74. The number of hydrogen-bond acceptors (Lipinski definition) is 3. The Morgan fingerprint density at radius 1 is 1.15 bits per heavy atom. The summed E-state index contributed by atoms with van der Waals surface area (Å²) < 4.78 is 3.20. The Labute approximate surface area is 130 Å². The molecule has 3 nitrogen and oxygen atoms in total. The number of imidazole rings is 1. The zero-order valence-corrected chi connectivity index (χ0v) is 13.2. The van der Waals surface area contributed by atoms with Crippen molar-refractivity contribution >= 4 is 33.3 Å². The molecule has 0 radical (unpaired) electrons. The molecule has 0 saturated carbocycles. The van der Waals surface area contributed by atoms with Crippen molar-refractivity contribution in [2.24, 2.45) is 5.73 Å². The van der Waals surface area contributed by atoms with Gasteiger partial charge >= 0.3 is 0 Å². The minimum atomic E-state index is 0.617. The summed E-state index contributed by atoms with van der Waals surface area (Å²) in [5.74, 6) is 0. The lowest BCUT2D eigenvalue weighted by Crippen LogP contribution is -2.05. The molecule has 3 aromatic rings. The Morgan fingerprint density at radius 2 is 1.95 bits per heavy atom. The lowest BCUT2D eigenvalue weighted by molar-refractivity contribution is 0.876. The third kappa shape index (κ3) is 2.61. The molecule has 0 atom stereocenters. The van der Waals surface area contributed by atoms with Gasteiger partial charge in [-0.2, -0.15) is 0 Å². The molecule has 0 aliphatic carbocycles. The number of pyridine rings is 1. The van der Waals surface area contributed by atoms with Gasteiger partial charge in [-0.25, -0.2) is 4.98 Å². The first kappa shape index (κ1) is 13.7. The number of benzene rings is 1. The van der Waals surface area contributed by atoms with Crippen LogP contribution in [0.3, 0.4) is 0 Å². The van der Waals surface area contributed by atoms with Crippen LogP contribution in [-0.4, -0.2) is 15.9 Å². The molecule has 0 unspecified atom stereocenters. The summed E-state index contributed by atoms with van der Waals surface area (Å²) in [6.07, 6.45) is 2.86. The Kier molecular flexibility index (Phi) is 4.10. The molecule has 0 bridgehead atoms. The number of aromatic nitrogens is 2. The Bertz CT molecular complexity index is 739. The average molecular weight is 348 g/mol. The van der Waals surface area contributed by atoms with Gasteiger partial charge in [0, 0.05) is 22.0 Å². The highest BCUT2D eigenvalue weighted by molar-refractivity contribution is 9.10. The summed E-state index contributed by atoms with van der Waals surface area (Å²) in [6, 6.07) is 14.2. The normalized spacial score (nSPS) is 11.1. The predicted octanol–water partition coefficient (Wildman–Crippen LogP) is 3.75. The van der Waals surface area contributed by atoms with Crippen LogP contribution in [0.4, 0.5) is 0 Å². The second-order valence-electron chi connectivity index (χ2n) is 4.36. The van der Waals surface area contributed by atoms with E-state index in [-0.39, 0.29) is 0 Å². The van der Waals surface area contributed by atoms with Crippen LogP contribution in [0, 0.1) is 0 Å². The molecule has 20 heavy (non-hydrogen) atoms. The van der Waals surface area contributed by atoms with E-state index >= 15 is 0 Å². The van der Waals surface area contributed by atoms with Crippen molar-refractivity contribution in [2.75, 3.05) is 6.54 Å². The van der Waals surface area contributed by atoms with E-state index in [9.17, 15) is 0 Å². The second kappa shape index (κ2) is 5.99. The zero-order valence-electron chi connectivity index (χ0n) is 10.8. The van der Waals surface area contributed by atoms with E-state index in [1.54, 1.807) is 11.8 Å². The van der Waals surface area contributed by atoms with E-state index in [1.165, 1.54) is 5.69 Å². The van der Waals surface area contributed by atoms with Crippen molar-refractivity contribution < 1.29 is 0 Å². The Morgan fingerprint density at radius 3 is 2.75 bits per heavy atom. The van der Waals surface area contributed by atoms with Gasteiger partial charge in [0.2, 0.25) is 0 Å². The number of halogens is 1. The number of nitrogens with zero attached hydrogens (tertiary/aromatic N) is 2. The summed E-state index contributed by atoms with van der Waals surface area (Å²) in [5.41, 5.74) is 7.88. The molecule has 5 heteroatoms. The molecule has 0 amide bonds. The minimum Gasteiger partial charge on any atom is -0.330 e. The van der Waals surface area contributed by atoms with Gasteiger partial charge in [0.15, 0.2) is 0 Å². The molecule has 2 aromatic heterocycles. The van der Waals surface area contributed by atoms with E-state index in [2.05, 4.69) is 26.4 Å². The molecule has 0 aliphatic heterocycles. The molecule has 102 valence electrons. The summed E-state index contributed by atoms with van der Waals surface area (Å²) in [4.78, 5) is 5.88. The van der Waals surface area contributed by atoms with E-state index in [0.717, 1.165) is 26.5 Å². The predicted molar refractivity (Wildman–Crippen MR) is 86.2 cm³/mol. The number of fused-ring (bicyclic) bond motifs is 1. The SMILES string of the molecule is NCCc1c(Sc2ccccc2Br)nc2ccccn12. The van der Waals surface area contributed by atoms with Gasteiger partial charge in [-0.3, -0.25) is 0 Å². The van der Waals surface area contributed by atoms with Crippen molar-refractivity contribution in [1.82, 2.24) is 9.38 Å². The van der Waals surface area contributed by atoms with E-state index in [1.807, 2.05) is 42.6 Å². The zero-order chi connectivity index (χ0) is 13.9. The fraction of sp³-hybridized carbons (Fsp3) is 0.133. The summed E-state index contributed by atoms with van der Waals surface area (Å²) in [6.45, 7) is 0.617. The standard InChI is InChI=1S/C15H14BrN3S/c16-11-5-1-2-6-13(11)20-15-12(8-9-17)19-10-4-3-7-14(19)18-15/h1-7,10H,8-9,17H2. The first-order chi connectivity index (χ1) is 9.79. The topological polar surface area (TPSA) is 43.3 Å². The third-order valence-corrected chi connectivity index (χ3v) is 5.07. The number of rotatable bonds is 4. The van der Waals surface area contributed by atoms with Crippen LogP contribution in [0.2, 0.25) is 0 Å². The maximum Gasteiger partial charge on any atom is 0.138 e. The van der Waals surface area contributed by atoms with Crippen LogP contribution >= 0.6 is 27.7 Å². The van der Waals surface area contributed by atoms with Gasteiger partial charge in [0.05, 0.1) is 5.69 Å². The average Bonchev–Trinajstić information content (AvgIpc) is 2.80. The van der Waals surface area contributed by atoms with Gasteiger partial charge in [-0.1, -0.05) is 30.0 Å². The summed E-state index contributed by atoms with van der Waals surface area (Å²) >= 11 is 5.25. The van der Waals surface area contributed by atoms with Crippen LogP contribution in [0.15, 0.2) is 63.1 Å². The van der Waals surface area contributed by atoms with Crippen molar-refractivity contribution in [2.45, 2.75) is 16.3 Å². The molecule has 2 N–H and O–H groups in total. The fourth-order valence-electron chi connectivity index (χ4n) is 2.10. The van der Waals surface area contributed by atoms with Gasteiger partial charge in [0.25, 0.3) is 0 Å². The molecule has 0 fully saturated rings.